The Labute approximate surface area is 156 Å². The third-order valence-electron chi connectivity index (χ3n) is 3.67. The predicted octanol–water partition coefficient (Wildman–Crippen LogP) is 2.57. The molecule has 1 N–H and O–H groups in total. The summed E-state index contributed by atoms with van der Waals surface area (Å²) in [7, 11) is 2.06. The molecule has 5 nitrogen and oxygen atoms in total. The summed E-state index contributed by atoms with van der Waals surface area (Å²) in [5.41, 5.74) is 1.08. The summed E-state index contributed by atoms with van der Waals surface area (Å²) in [6.07, 6.45) is 5.37. The van der Waals surface area contributed by atoms with Crippen molar-refractivity contribution in [2.24, 2.45) is 10.9 Å². The summed E-state index contributed by atoms with van der Waals surface area (Å²) >= 11 is 0. The van der Waals surface area contributed by atoms with Crippen LogP contribution in [0.5, 0.6) is 0 Å². The number of aliphatic imine (C=N–C) groups is 1. The van der Waals surface area contributed by atoms with Crippen LogP contribution in [0.15, 0.2) is 29.4 Å². The Morgan fingerprint density at radius 2 is 2.26 bits per heavy atom. The Kier molecular flexibility index (Phi) is 10.2. The zero-order valence-electron chi connectivity index (χ0n) is 14.2. The largest absolute Gasteiger partial charge is 0.379 e. The van der Waals surface area contributed by atoms with Gasteiger partial charge in [0, 0.05) is 51.6 Å². The first-order valence-electron chi connectivity index (χ1n) is 8.26. The lowest BCUT2D eigenvalue weighted by Crippen LogP contribution is -2.40. The summed E-state index contributed by atoms with van der Waals surface area (Å²) in [5.74, 6) is 1.76. The molecule has 0 aliphatic heterocycles. The monoisotopic (exact) mass is 432 g/mol. The Hall–Kier alpha value is -0.890. The Morgan fingerprint density at radius 3 is 2.91 bits per heavy atom. The normalized spacial score (nSPS) is 14.3. The number of halogens is 1. The fraction of sp³-hybridized carbons (Fsp3) is 0.647. The maximum atomic E-state index is 5.70. The second kappa shape index (κ2) is 11.6. The van der Waals surface area contributed by atoms with Crippen LogP contribution in [0.1, 0.15) is 25.5 Å². The van der Waals surface area contributed by atoms with E-state index < -0.39 is 0 Å². The topological polar surface area (TPSA) is 49.8 Å². The number of rotatable bonds is 9. The third-order valence-corrected chi connectivity index (χ3v) is 3.67. The lowest BCUT2D eigenvalue weighted by molar-refractivity contribution is 0.115. The molecular weight excluding hydrogens is 403 g/mol. The number of nitrogens with zero attached hydrogens (tertiary/aromatic N) is 3. The van der Waals surface area contributed by atoms with Crippen LogP contribution in [0.2, 0.25) is 0 Å². The van der Waals surface area contributed by atoms with Crippen molar-refractivity contribution in [2.45, 2.75) is 26.2 Å². The van der Waals surface area contributed by atoms with Gasteiger partial charge in [0.15, 0.2) is 5.96 Å². The minimum absolute atomic E-state index is 0. The van der Waals surface area contributed by atoms with Crippen molar-refractivity contribution in [2.75, 3.05) is 39.9 Å². The molecule has 0 aromatic carbocycles. The maximum absolute atomic E-state index is 5.70. The van der Waals surface area contributed by atoms with E-state index in [-0.39, 0.29) is 24.0 Å². The van der Waals surface area contributed by atoms with Gasteiger partial charge >= 0.3 is 0 Å². The van der Waals surface area contributed by atoms with Crippen molar-refractivity contribution in [3.8, 4) is 0 Å². The molecule has 0 saturated heterocycles. The second-order valence-corrected chi connectivity index (χ2v) is 5.75. The van der Waals surface area contributed by atoms with E-state index in [2.05, 4.69) is 34.2 Å². The van der Waals surface area contributed by atoms with Gasteiger partial charge in [0.1, 0.15) is 0 Å². The van der Waals surface area contributed by atoms with Gasteiger partial charge in [-0.05, 0) is 37.8 Å². The lowest BCUT2D eigenvalue weighted by atomic mass is 10.3. The standard InChI is InChI=1S/C17H28N4O.HI/c1-3-18-17(20-11-9-16-6-4-5-10-19-16)21(2)12-13-22-14-15-7-8-15;/h4-6,10,15H,3,7-9,11-14H2,1-2H3,(H,18,20);1H. The molecule has 1 aromatic rings. The van der Waals surface area contributed by atoms with Crippen LogP contribution in [0.4, 0.5) is 0 Å². The summed E-state index contributed by atoms with van der Waals surface area (Å²) in [6, 6.07) is 5.99. The average molecular weight is 432 g/mol. The highest BCUT2D eigenvalue weighted by atomic mass is 127. The van der Waals surface area contributed by atoms with E-state index in [1.165, 1.54) is 12.8 Å². The fourth-order valence-electron chi connectivity index (χ4n) is 2.13. The van der Waals surface area contributed by atoms with Crippen LogP contribution in [0.3, 0.4) is 0 Å². The first-order chi connectivity index (χ1) is 10.8. The number of pyridine rings is 1. The molecule has 0 atom stereocenters. The SMILES string of the molecule is CCNC(=NCCc1ccccn1)N(C)CCOCC1CC1.I. The highest BCUT2D eigenvalue weighted by Gasteiger charge is 2.21. The summed E-state index contributed by atoms with van der Waals surface area (Å²) in [6.45, 7) is 6.25. The Morgan fingerprint density at radius 1 is 1.43 bits per heavy atom. The van der Waals surface area contributed by atoms with Crippen molar-refractivity contribution < 1.29 is 4.74 Å². The van der Waals surface area contributed by atoms with Crippen molar-refractivity contribution in [1.29, 1.82) is 0 Å². The molecule has 0 unspecified atom stereocenters. The number of aromatic nitrogens is 1. The smallest absolute Gasteiger partial charge is 0.193 e. The maximum Gasteiger partial charge on any atom is 0.193 e. The summed E-state index contributed by atoms with van der Waals surface area (Å²) in [5, 5.41) is 3.33. The summed E-state index contributed by atoms with van der Waals surface area (Å²) in [4.78, 5) is 11.1. The van der Waals surface area contributed by atoms with Gasteiger partial charge in [-0.15, -0.1) is 24.0 Å². The quantitative estimate of drug-likeness (QED) is 0.282. The van der Waals surface area contributed by atoms with Gasteiger partial charge in [-0.3, -0.25) is 9.98 Å². The minimum atomic E-state index is 0. The molecule has 0 amide bonds. The van der Waals surface area contributed by atoms with Gasteiger partial charge in [0.05, 0.1) is 6.61 Å². The van der Waals surface area contributed by atoms with Crippen LogP contribution in [-0.2, 0) is 11.2 Å². The minimum Gasteiger partial charge on any atom is -0.379 e. The van der Waals surface area contributed by atoms with Crippen molar-refractivity contribution in [3.05, 3.63) is 30.1 Å². The van der Waals surface area contributed by atoms with E-state index in [0.717, 1.165) is 56.8 Å². The van der Waals surface area contributed by atoms with Gasteiger partial charge in [0.25, 0.3) is 0 Å². The van der Waals surface area contributed by atoms with Crippen LogP contribution in [0, 0.1) is 5.92 Å². The van der Waals surface area contributed by atoms with Gasteiger partial charge in [-0.1, -0.05) is 6.07 Å². The molecule has 130 valence electrons. The number of ether oxygens (including phenoxy) is 1. The van der Waals surface area contributed by atoms with Gasteiger partial charge in [-0.2, -0.15) is 0 Å². The Bertz CT molecular complexity index is 451. The average Bonchev–Trinajstić information content (AvgIpc) is 3.36. The molecule has 6 heteroatoms. The van der Waals surface area contributed by atoms with Crippen LogP contribution >= 0.6 is 24.0 Å². The molecule has 1 heterocycles. The fourth-order valence-corrected chi connectivity index (χ4v) is 2.13. The molecule has 1 aliphatic rings. The number of likely N-dealkylation sites (N-methyl/N-ethyl adjacent to an activating group) is 1. The molecule has 23 heavy (non-hydrogen) atoms. The molecular formula is C17H29IN4O. The molecule has 1 fully saturated rings. The molecule has 0 bridgehead atoms. The molecule has 1 aromatic heterocycles. The summed E-state index contributed by atoms with van der Waals surface area (Å²) < 4.78 is 5.70. The molecule has 2 rings (SSSR count). The van der Waals surface area contributed by atoms with E-state index in [1.54, 1.807) is 0 Å². The van der Waals surface area contributed by atoms with Gasteiger partial charge in [-0.25, -0.2) is 0 Å². The highest BCUT2D eigenvalue weighted by Crippen LogP contribution is 2.28. The van der Waals surface area contributed by atoms with Crippen molar-refractivity contribution >= 4 is 29.9 Å². The number of hydrogen-bond acceptors (Lipinski definition) is 3. The van der Waals surface area contributed by atoms with Crippen molar-refractivity contribution in [1.82, 2.24) is 15.2 Å². The molecule has 0 spiro atoms. The van der Waals surface area contributed by atoms with E-state index in [1.807, 2.05) is 24.4 Å². The number of hydrogen-bond donors (Lipinski definition) is 1. The van der Waals surface area contributed by atoms with Gasteiger partial charge < -0.3 is 15.0 Å². The van der Waals surface area contributed by atoms with E-state index in [0.29, 0.717) is 0 Å². The predicted molar refractivity (Wildman–Crippen MR) is 106 cm³/mol. The van der Waals surface area contributed by atoms with Crippen LogP contribution in [0.25, 0.3) is 0 Å². The van der Waals surface area contributed by atoms with Crippen LogP contribution in [-0.4, -0.2) is 55.7 Å². The van der Waals surface area contributed by atoms with Crippen LogP contribution < -0.4 is 5.32 Å². The first kappa shape index (κ1) is 20.2. The number of nitrogens with one attached hydrogen (secondary N) is 1. The first-order valence-corrected chi connectivity index (χ1v) is 8.26. The molecule has 0 radical (unpaired) electrons. The zero-order chi connectivity index (χ0) is 15.6. The van der Waals surface area contributed by atoms with E-state index in [4.69, 9.17) is 4.74 Å². The second-order valence-electron chi connectivity index (χ2n) is 5.75. The van der Waals surface area contributed by atoms with E-state index in [9.17, 15) is 0 Å². The highest BCUT2D eigenvalue weighted by molar-refractivity contribution is 14.0. The molecule has 1 aliphatic carbocycles. The molecule has 1 saturated carbocycles. The Balaban J connectivity index is 0.00000264. The van der Waals surface area contributed by atoms with E-state index >= 15 is 0 Å². The zero-order valence-corrected chi connectivity index (χ0v) is 16.5. The van der Waals surface area contributed by atoms with Crippen molar-refractivity contribution in [3.63, 3.8) is 0 Å². The lowest BCUT2D eigenvalue weighted by Gasteiger charge is -2.22. The number of guanidine groups is 1. The third kappa shape index (κ3) is 8.50. The van der Waals surface area contributed by atoms with Gasteiger partial charge in [0.2, 0.25) is 0 Å².